The monoisotopic (exact) mass is 327 g/mol. The van der Waals surface area contributed by atoms with Crippen molar-refractivity contribution >= 4 is 17.5 Å². The van der Waals surface area contributed by atoms with Crippen LogP contribution in [0.5, 0.6) is 0 Å². The van der Waals surface area contributed by atoms with E-state index in [1.165, 1.54) is 4.68 Å². The van der Waals surface area contributed by atoms with Gasteiger partial charge in [-0.1, -0.05) is 18.6 Å². The maximum atomic E-state index is 12.6. The number of hydrogen-bond donors (Lipinski definition) is 3. The van der Waals surface area contributed by atoms with Crippen molar-refractivity contribution in [3.63, 3.8) is 0 Å². The van der Waals surface area contributed by atoms with Gasteiger partial charge in [-0.15, -0.1) is 0 Å². The molecule has 1 aromatic carbocycles. The number of para-hydroxylation sites is 2. The summed E-state index contributed by atoms with van der Waals surface area (Å²) in [5.74, 6) is -0.421. The molecule has 1 saturated carbocycles. The van der Waals surface area contributed by atoms with Crippen LogP contribution in [0.4, 0.5) is 5.69 Å². The van der Waals surface area contributed by atoms with Crippen LogP contribution in [0.2, 0.25) is 0 Å². The number of hydrogen-bond acceptors (Lipinski definition) is 4. The highest BCUT2D eigenvalue weighted by Crippen LogP contribution is 2.32. The van der Waals surface area contributed by atoms with Gasteiger partial charge in [-0.25, -0.2) is 4.68 Å². The normalized spacial score (nSPS) is 20.0. The fourth-order valence-electron chi connectivity index (χ4n) is 3.26. The molecule has 0 saturated heterocycles. The highest BCUT2D eigenvalue weighted by atomic mass is 16.2. The van der Waals surface area contributed by atoms with E-state index < -0.39 is 5.91 Å². The molecule has 2 amide bonds. The van der Waals surface area contributed by atoms with E-state index in [0.717, 1.165) is 19.3 Å². The minimum atomic E-state index is -0.591. The topological polar surface area (TPSA) is 116 Å². The molecule has 1 fully saturated rings. The van der Waals surface area contributed by atoms with Crippen molar-refractivity contribution in [2.45, 2.75) is 19.3 Å². The lowest BCUT2D eigenvalue weighted by Crippen LogP contribution is -2.30. The Balaban J connectivity index is 1.84. The first-order valence-electron chi connectivity index (χ1n) is 8.06. The third-order valence-corrected chi connectivity index (χ3v) is 4.55. The van der Waals surface area contributed by atoms with E-state index in [-0.39, 0.29) is 23.4 Å². The summed E-state index contributed by atoms with van der Waals surface area (Å²) < 4.78 is 1.53. The molecule has 3 rings (SSSR count). The minimum absolute atomic E-state index is 0.0160. The first-order valence-corrected chi connectivity index (χ1v) is 8.06. The van der Waals surface area contributed by atoms with E-state index in [1.807, 2.05) is 24.3 Å². The Hall–Kier alpha value is -2.67. The molecular formula is C17H21N5O2. The number of nitrogens with two attached hydrogens (primary N) is 2. The van der Waals surface area contributed by atoms with Crippen LogP contribution >= 0.6 is 0 Å². The van der Waals surface area contributed by atoms with Gasteiger partial charge in [0.1, 0.15) is 5.69 Å². The van der Waals surface area contributed by atoms with Gasteiger partial charge in [0.2, 0.25) is 5.91 Å². The summed E-state index contributed by atoms with van der Waals surface area (Å²) in [6.07, 6.45) is 4.53. The lowest BCUT2D eigenvalue weighted by Gasteiger charge is -2.18. The van der Waals surface area contributed by atoms with Crippen LogP contribution in [0.1, 0.15) is 29.8 Å². The number of benzene rings is 1. The Morgan fingerprint density at radius 3 is 2.75 bits per heavy atom. The molecule has 5 N–H and O–H groups in total. The van der Waals surface area contributed by atoms with Gasteiger partial charge < -0.3 is 16.8 Å². The zero-order valence-corrected chi connectivity index (χ0v) is 13.3. The molecule has 0 radical (unpaired) electrons. The van der Waals surface area contributed by atoms with Crippen LogP contribution < -0.4 is 16.8 Å². The standard InChI is InChI=1S/C17H21N5O2/c18-10-11-4-3-5-12(11)17(24)20-13-6-1-2-7-15(13)22-9-8-14(21-22)16(19)23/h1-2,6-9,11-12H,3-5,10,18H2,(H2,19,23)(H,20,24)/t11-,12-/m1/s1. The van der Waals surface area contributed by atoms with Gasteiger partial charge >= 0.3 is 0 Å². The number of amides is 2. The Kier molecular flexibility index (Phi) is 4.61. The van der Waals surface area contributed by atoms with Crippen molar-refractivity contribution in [2.75, 3.05) is 11.9 Å². The Morgan fingerprint density at radius 2 is 2.04 bits per heavy atom. The molecule has 2 atom stereocenters. The van der Waals surface area contributed by atoms with Crippen molar-refractivity contribution in [3.8, 4) is 5.69 Å². The van der Waals surface area contributed by atoms with Gasteiger partial charge in [0.25, 0.3) is 5.91 Å². The van der Waals surface area contributed by atoms with Crippen molar-refractivity contribution in [1.29, 1.82) is 0 Å². The van der Waals surface area contributed by atoms with Gasteiger partial charge in [-0.3, -0.25) is 9.59 Å². The van der Waals surface area contributed by atoms with Crippen LogP contribution in [0.15, 0.2) is 36.5 Å². The SMILES string of the molecule is NC[C@H]1CCC[C@H]1C(=O)Nc1ccccc1-n1ccc(C(N)=O)n1. The number of primary amides is 1. The average Bonchev–Trinajstić information content (AvgIpc) is 3.24. The summed E-state index contributed by atoms with van der Waals surface area (Å²) in [5, 5.41) is 7.13. The molecule has 126 valence electrons. The van der Waals surface area contributed by atoms with Crippen molar-refractivity contribution in [1.82, 2.24) is 9.78 Å². The molecule has 1 aromatic heterocycles. The number of aromatic nitrogens is 2. The number of anilines is 1. The Bertz CT molecular complexity index is 755. The number of carbonyl (C=O) groups excluding carboxylic acids is 2. The predicted octanol–water partition coefficient (Wildman–Crippen LogP) is 1.28. The van der Waals surface area contributed by atoms with Crippen molar-refractivity contribution in [3.05, 3.63) is 42.2 Å². The van der Waals surface area contributed by atoms with Crippen LogP contribution in [0, 0.1) is 11.8 Å². The zero-order valence-electron chi connectivity index (χ0n) is 13.3. The molecule has 1 aliphatic carbocycles. The van der Waals surface area contributed by atoms with E-state index in [0.29, 0.717) is 17.9 Å². The molecule has 2 aromatic rings. The van der Waals surface area contributed by atoms with E-state index in [9.17, 15) is 9.59 Å². The summed E-state index contributed by atoms with van der Waals surface area (Å²) >= 11 is 0. The molecule has 0 aliphatic heterocycles. The second-order valence-electron chi connectivity index (χ2n) is 6.05. The number of rotatable bonds is 5. The third kappa shape index (κ3) is 3.16. The van der Waals surface area contributed by atoms with Gasteiger partial charge in [0.05, 0.1) is 11.4 Å². The molecule has 24 heavy (non-hydrogen) atoms. The fraction of sp³-hybridized carbons (Fsp3) is 0.353. The summed E-state index contributed by atoms with van der Waals surface area (Å²) in [7, 11) is 0. The van der Waals surface area contributed by atoms with Gasteiger partial charge in [0, 0.05) is 12.1 Å². The molecule has 0 spiro atoms. The third-order valence-electron chi connectivity index (χ3n) is 4.55. The summed E-state index contributed by atoms with van der Waals surface area (Å²) in [5.41, 5.74) is 12.5. The molecule has 1 heterocycles. The molecule has 7 heteroatoms. The maximum absolute atomic E-state index is 12.6. The first-order chi connectivity index (χ1) is 11.6. The predicted molar refractivity (Wildman–Crippen MR) is 90.6 cm³/mol. The quantitative estimate of drug-likeness (QED) is 0.767. The number of nitrogens with one attached hydrogen (secondary N) is 1. The van der Waals surface area contributed by atoms with E-state index >= 15 is 0 Å². The van der Waals surface area contributed by atoms with E-state index in [4.69, 9.17) is 11.5 Å². The lowest BCUT2D eigenvalue weighted by molar-refractivity contribution is -0.120. The zero-order chi connectivity index (χ0) is 17.1. The number of carbonyl (C=O) groups is 2. The second-order valence-corrected chi connectivity index (χ2v) is 6.05. The van der Waals surface area contributed by atoms with Crippen LogP contribution in [0.3, 0.4) is 0 Å². The average molecular weight is 327 g/mol. The summed E-state index contributed by atoms with van der Waals surface area (Å²) in [6, 6.07) is 8.86. The van der Waals surface area contributed by atoms with Gasteiger partial charge in [0.15, 0.2) is 0 Å². The van der Waals surface area contributed by atoms with Gasteiger partial charge in [-0.2, -0.15) is 5.10 Å². The van der Waals surface area contributed by atoms with Gasteiger partial charge in [-0.05, 0) is 43.5 Å². The van der Waals surface area contributed by atoms with E-state index in [2.05, 4.69) is 10.4 Å². The largest absolute Gasteiger partial charge is 0.364 e. The van der Waals surface area contributed by atoms with Crippen LogP contribution in [-0.4, -0.2) is 28.1 Å². The molecular weight excluding hydrogens is 306 g/mol. The van der Waals surface area contributed by atoms with Crippen molar-refractivity contribution < 1.29 is 9.59 Å². The molecule has 0 unspecified atom stereocenters. The highest BCUT2D eigenvalue weighted by molar-refractivity contribution is 5.95. The van der Waals surface area contributed by atoms with E-state index in [1.54, 1.807) is 12.3 Å². The van der Waals surface area contributed by atoms with Crippen molar-refractivity contribution in [2.24, 2.45) is 23.3 Å². The molecule has 1 aliphatic rings. The molecule has 0 bridgehead atoms. The summed E-state index contributed by atoms with van der Waals surface area (Å²) in [6.45, 7) is 0.529. The fourth-order valence-corrected chi connectivity index (χ4v) is 3.26. The second kappa shape index (κ2) is 6.84. The van der Waals surface area contributed by atoms with Crippen LogP contribution in [0.25, 0.3) is 5.69 Å². The Morgan fingerprint density at radius 1 is 1.25 bits per heavy atom. The molecule has 7 nitrogen and oxygen atoms in total. The lowest BCUT2D eigenvalue weighted by atomic mass is 9.95. The highest BCUT2D eigenvalue weighted by Gasteiger charge is 2.32. The van der Waals surface area contributed by atoms with Crippen LogP contribution in [-0.2, 0) is 4.79 Å². The summed E-state index contributed by atoms with van der Waals surface area (Å²) in [4.78, 5) is 23.8. The first kappa shape index (κ1) is 16.2. The number of nitrogens with zero attached hydrogens (tertiary/aromatic N) is 2. The maximum Gasteiger partial charge on any atom is 0.269 e. The smallest absolute Gasteiger partial charge is 0.269 e. The Labute approximate surface area is 140 Å². The minimum Gasteiger partial charge on any atom is -0.364 e.